The van der Waals surface area contributed by atoms with Gasteiger partial charge in [-0.1, -0.05) is 42.5 Å². The van der Waals surface area contributed by atoms with Gasteiger partial charge in [0.25, 0.3) is 0 Å². The number of amides is 1. The number of nitrogens with zero attached hydrogens (tertiary/aromatic N) is 1. The van der Waals surface area contributed by atoms with Crippen molar-refractivity contribution in [3.8, 4) is 0 Å². The van der Waals surface area contributed by atoms with Gasteiger partial charge in [0.05, 0.1) is 10.9 Å². The van der Waals surface area contributed by atoms with E-state index in [-0.39, 0.29) is 16.8 Å². The van der Waals surface area contributed by atoms with E-state index in [1.807, 2.05) is 12.1 Å². The van der Waals surface area contributed by atoms with Crippen LogP contribution in [0, 0.1) is 0 Å². The third-order valence-electron chi connectivity index (χ3n) is 5.03. The molecule has 0 bridgehead atoms. The zero-order chi connectivity index (χ0) is 19.3. The predicted molar refractivity (Wildman–Crippen MR) is 106 cm³/mol. The Morgan fingerprint density at radius 3 is 2.59 bits per heavy atom. The van der Waals surface area contributed by atoms with Crippen molar-refractivity contribution in [3.63, 3.8) is 0 Å². The minimum absolute atomic E-state index is 0.0257. The number of hydrogen-bond donors (Lipinski definition) is 1. The van der Waals surface area contributed by atoms with Crippen LogP contribution in [0.1, 0.15) is 42.9 Å². The van der Waals surface area contributed by atoms with Gasteiger partial charge in [-0.3, -0.25) is 4.79 Å². The summed E-state index contributed by atoms with van der Waals surface area (Å²) in [6.07, 6.45) is 3.88. The molecule has 0 saturated carbocycles. The van der Waals surface area contributed by atoms with Crippen LogP contribution in [0.5, 0.6) is 0 Å². The van der Waals surface area contributed by atoms with E-state index in [1.54, 1.807) is 37.4 Å². The lowest BCUT2D eigenvalue weighted by Crippen LogP contribution is -2.32. The van der Waals surface area contributed by atoms with Crippen LogP contribution >= 0.6 is 0 Å². The maximum absolute atomic E-state index is 12.5. The van der Waals surface area contributed by atoms with Crippen molar-refractivity contribution in [3.05, 3.63) is 65.7 Å². The second-order valence-corrected chi connectivity index (χ2v) is 9.00. The summed E-state index contributed by atoms with van der Waals surface area (Å²) in [5.74, 6) is -0.0257. The Morgan fingerprint density at radius 1 is 1.11 bits per heavy atom. The van der Waals surface area contributed by atoms with Crippen molar-refractivity contribution >= 4 is 15.9 Å². The van der Waals surface area contributed by atoms with Gasteiger partial charge in [-0.25, -0.2) is 12.7 Å². The number of carbonyl (C=O) groups is 1. The highest BCUT2D eigenvalue weighted by molar-refractivity contribution is 7.89. The molecule has 1 N–H and O–H groups in total. The van der Waals surface area contributed by atoms with Crippen molar-refractivity contribution in [1.82, 2.24) is 9.62 Å². The summed E-state index contributed by atoms with van der Waals surface area (Å²) in [5.41, 5.74) is 2.52. The van der Waals surface area contributed by atoms with Crippen molar-refractivity contribution in [1.29, 1.82) is 0 Å². The van der Waals surface area contributed by atoms with E-state index < -0.39 is 10.0 Å². The van der Waals surface area contributed by atoms with E-state index in [2.05, 4.69) is 17.4 Å². The Kier molecular flexibility index (Phi) is 6.29. The van der Waals surface area contributed by atoms with Gasteiger partial charge in [0.1, 0.15) is 0 Å². The largest absolute Gasteiger partial charge is 0.349 e. The van der Waals surface area contributed by atoms with E-state index >= 15 is 0 Å². The van der Waals surface area contributed by atoms with Crippen LogP contribution in [-0.2, 0) is 21.2 Å². The number of nitrogens with one attached hydrogen (secondary N) is 1. The number of carbonyl (C=O) groups excluding carboxylic acids is 1. The Hall–Kier alpha value is -2.18. The third kappa shape index (κ3) is 4.76. The molecule has 0 fully saturated rings. The summed E-state index contributed by atoms with van der Waals surface area (Å²) in [5, 5.41) is 3.11. The summed E-state index contributed by atoms with van der Waals surface area (Å²) >= 11 is 0. The minimum Gasteiger partial charge on any atom is -0.349 e. The highest BCUT2D eigenvalue weighted by Gasteiger charge is 2.22. The number of sulfonamides is 1. The highest BCUT2D eigenvalue weighted by Crippen LogP contribution is 2.29. The molecule has 0 aliphatic heterocycles. The average Bonchev–Trinajstić information content (AvgIpc) is 2.69. The average molecular weight is 387 g/mol. The molecule has 0 spiro atoms. The molecule has 2 aromatic carbocycles. The molecular formula is C21H26N2O3S. The van der Waals surface area contributed by atoms with Gasteiger partial charge in [-0.2, -0.15) is 0 Å². The molecule has 2 aromatic rings. The molecule has 0 heterocycles. The van der Waals surface area contributed by atoms with Gasteiger partial charge in [0, 0.05) is 20.0 Å². The fourth-order valence-electron chi connectivity index (χ4n) is 3.53. The fourth-order valence-corrected chi connectivity index (χ4v) is 4.76. The number of benzene rings is 2. The van der Waals surface area contributed by atoms with Crippen LogP contribution in [0.25, 0.3) is 0 Å². The van der Waals surface area contributed by atoms with Gasteiger partial charge in [-0.15, -0.1) is 0 Å². The fraction of sp³-hybridized carbons (Fsp3) is 0.381. The number of rotatable bonds is 7. The lowest BCUT2D eigenvalue weighted by molar-refractivity contribution is -0.122. The molecule has 1 atom stereocenters. The Bertz CT molecular complexity index is 881. The van der Waals surface area contributed by atoms with Gasteiger partial charge < -0.3 is 5.32 Å². The first-order valence-electron chi connectivity index (χ1n) is 9.37. The molecule has 0 aromatic heterocycles. The van der Waals surface area contributed by atoms with Gasteiger partial charge in [-0.05, 0) is 48.9 Å². The van der Waals surface area contributed by atoms with Crippen LogP contribution in [0.2, 0.25) is 0 Å². The Balaban J connectivity index is 1.50. The SMILES string of the molecule is CN(CCCC(=O)N[C@@H]1CCCc2ccccc21)S(=O)(=O)c1ccccc1. The molecule has 6 heteroatoms. The number of aryl methyl sites for hydroxylation is 1. The van der Waals surface area contributed by atoms with Crippen molar-refractivity contribution in [2.75, 3.05) is 13.6 Å². The smallest absolute Gasteiger partial charge is 0.242 e. The van der Waals surface area contributed by atoms with Gasteiger partial charge in [0.15, 0.2) is 0 Å². The monoisotopic (exact) mass is 386 g/mol. The second kappa shape index (κ2) is 8.67. The van der Waals surface area contributed by atoms with E-state index in [0.717, 1.165) is 19.3 Å². The minimum atomic E-state index is -3.50. The van der Waals surface area contributed by atoms with Crippen LogP contribution in [0.3, 0.4) is 0 Å². The van der Waals surface area contributed by atoms with Crippen LogP contribution in [0.15, 0.2) is 59.5 Å². The molecule has 0 unspecified atom stereocenters. The topological polar surface area (TPSA) is 66.5 Å². The summed E-state index contributed by atoms with van der Waals surface area (Å²) < 4.78 is 26.3. The zero-order valence-electron chi connectivity index (χ0n) is 15.6. The maximum Gasteiger partial charge on any atom is 0.242 e. The molecule has 1 aliphatic carbocycles. The van der Waals surface area contributed by atoms with Crippen molar-refractivity contribution < 1.29 is 13.2 Å². The molecule has 1 aliphatic rings. The molecule has 1 amide bonds. The summed E-state index contributed by atoms with van der Waals surface area (Å²) in [7, 11) is -1.95. The molecule has 144 valence electrons. The van der Waals surface area contributed by atoms with Crippen molar-refractivity contribution in [2.24, 2.45) is 0 Å². The van der Waals surface area contributed by atoms with E-state index in [0.29, 0.717) is 19.4 Å². The quantitative estimate of drug-likeness (QED) is 0.794. The first-order valence-corrected chi connectivity index (χ1v) is 10.8. The Labute approximate surface area is 161 Å². The van der Waals surface area contributed by atoms with Gasteiger partial charge in [0.2, 0.25) is 15.9 Å². The number of fused-ring (bicyclic) bond motifs is 1. The lowest BCUT2D eigenvalue weighted by Gasteiger charge is -2.26. The van der Waals surface area contributed by atoms with E-state index in [4.69, 9.17) is 0 Å². The summed E-state index contributed by atoms with van der Waals surface area (Å²) in [6, 6.07) is 16.7. The predicted octanol–water partition coefficient (Wildman–Crippen LogP) is 3.28. The molecule has 27 heavy (non-hydrogen) atoms. The van der Waals surface area contributed by atoms with Crippen molar-refractivity contribution in [2.45, 2.75) is 43.0 Å². The molecule has 5 nitrogen and oxygen atoms in total. The van der Waals surface area contributed by atoms with Crippen LogP contribution in [0.4, 0.5) is 0 Å². The molecule has 0 radical (unpaired) electrons. The zero-order valence-corrected chi connectivity index (χ0v) is 16.4. The van der Waals surface area contributed by atoms with Crippen LogP contribution in [-0.4, -0.2) is 32.2 Å². The van der Waals surface area contributed by atoms with E-state index in [1.165, 1.54) is 15.4 Å². The molecule has 0 saturated heterocycles. The van der Waals surface area contributed by atoms with E-state index in [9.17, 15) is 13.2 Å². The third-order valence-corrected chi connectivity index (χ3v) is 6.90. The van der Waals surface area contributed by atoms with Gasteiger partial charge >= 0.3 is 0 Å². The summed E-state index contributed by atoms with van der Waals surface area (Å²) in [6.45, 7) is 0.311. The maximum atomic E-state index is 12.5. The first kappa shape index (κ1) is 19.6. The standard InChI is InChI=1S/C21H26N2O3S/c1-23(27(25,26)18-11-3-2-4-12-18)16-8-15-21(24)22-20-14-7-10-17-9-5-6-13-19(17)20/h2-6,9,11-13,20H,7-8,10,14-16H2,1H3,(H,22,24)/t20-/m1/s1. The molecule has 3 rings (SSSR count). The highest BCUT2D eigenvalue weighted by atomic mass is 32.2. The Morgan fingerprint density at radius 2 is 1.81 bits per heavy atom. The molecular weight excluding hydrogens is 360 g/mol. The number of hydrogen-bond acceptors (Lipinski definition) is 3. The lowest BCUT2D eigenvalue weighted by atomic mass is 9.87. The normalized spacial score (nSPS) is 16.7. The summed E-state index contributed by atoms with van der Waals surface area (Å²) in [4.78, 5) is 12.6. The second-order valence-electron chi connectivity index (χ2n) is 6.95. The van der Waals surface area contributed by atoms with Crippen LogP contribution < -0.4 is 5.32 Å². The first-order chi connectivity index (χ1) is 13.0.